The summed E-state index contributed by atoms with van der Waals surface area (Å²) in [4.78, 5) is 27.8. The number of hydrogen-bond donors (Lipinski definition) is 1. The van der Waals surface area contributed by atoms with Gasteiger partial charge in [0.25, 0.3) is 0 Å². The molecule has 4 nitrogen and oxygen atoms in total. The molecule has 0 aromatic heterocycles. The van der Waals surface area contributed by atoms with Crippen molar-refractivity contribution >= 4 is 27.7 Å². The zero-order chi connectivity index (χ0) is 20.6. The van der Waals surface area contributed by atoms with E-state index in [9.17, 15) is 9.59 Å². The van der Waals surface area contributed by atoms with Crippen molar-refractivity contribution in [2.75, 3.05) is 0 Å². The summed E-state index contributed by atoms with van der Waals surface area (Å²) in [6.45, 7) is 2.25. The number of carbonyl (C=O) groups is 2. The lowest BCUT2D eigenvalue weighted by Gasteiger charge is -2.31. The van der Waals surface area contributed by atoms with Crippen LogP contribution in [-0.4, -0.2) is 28.8 Å². The topological polar surface area (TPSA) is 49.4 Å². The zero-order valence-electron chi connectivity index (χ0n) is 16.9. The second-order valence-electron chi connectivity index (χ2n) is 7.83. The average Bonchev–Trinajstić information content (AvgIpc) is 2.74. The molecule has 0 bridgehead atoms. The number of amides is 2. The Balaban J connectivity index is 1.73. The molecule has 1 atom stereocenters. The van der Waals surface area contributed by atoms with E-state index >= 15 is 0 Å². The fourth-order valence-electron chi connectivity index (χ4n) is 3.81. The lowest BCUT2D eigenvalue weighted by Crippen LogP contribution is -2.50. The highest BCUT2D eigenvalue weighted by atomic mass is 79.9. The van der Waals surface area contributed by atoms with Crippen molar-refractivity contribution in [2.24, 2.45) is 0 Å². The maximum Gasteiger partial charge on any atom is 0.242 e. The molecule has 154 valence electrons. The highest BCUT2D eigenvalue weighted by molar-refractivity contribution is 9.10. The standard InChI is InChI=1S/C24H29BrN2O2/c1-18(24(29)26-22-10-6-3-7-11-22)27(17-20-12-14-21(25)15-13-20)23(28)16-19-8-4-2-5-9-19/h2,4-5,8-9,12-15,18,22H,3,6-7,10-11,16-17H2,1H3,(H,26,29)/t18-/m1/s1. The quantitative estimate of drug-likeness (QED) is 0.646. The summed E-state index contributed by atoms with van der Waals surface area (Å²) in [6.07, 6.45) is 5.92. The van der Waals surface area contributed by atoms with Crippen LogP contribution in [0.5, 0.6) is 0 Å². The van der Waals surface area contributed by atoms with E-state index in [1.165, 1.54) is 6.42 Å². The number of halogens is 1. The van der Waals surface area contributed by atoms with Crippen LogP contribution in [0.25, 0.3) is 0 Å². The molecule has 1 aliphatic carbocycles. The van der Waals surface area contributed by atoms with Gasteiger partial charge >= 0.3 is 0 Å². The summed E-state index contributed by atoms with van der Waals surface area (Å²) >= 11 is 3.45. The van der Waals surface area contributed by atoms with E-state index in [2.05, 4.69) is 21.2 Å². The Morgan fingerprint density at radius 2 is 1.66 bits per heavy atom. The number of benzene rings is 2. The minimum Gasteiger partial charge on any atom is -0.352 e. The van der Waals surface area contributed by atoms with Gasteiger partial charge in [0.2, 0.25) is 11.8 Å². The normalized spacial score (nSPS) is 15.5. The minimum atomic E-state index is -0.517. The first-order valence-electron chi connectivity index (χ1n) is 10.4. The lowest BCUT2D eigenvalue weighted by atomic mass is 9.95. The second kappa shape index (κ2) is 10.6. The molecular weight excluding hydrogens is 428 g/mol. The molecule has 2 aromatic rings. The summed E-state index contributed by atoms with van der Waals surface area (Å²) in [5.41, 5.74) is 1.96. The number of nitrogens with one attached hydrogen (secondary N) is 1. The molecule has 1 fully saturated rings. The van der Waals surface area contributed by atoms with E-state index in [4.69, 9.17) is 0 Å². The highest BCUT2D eigenvalue weighted by Gasteiger charge is 2.28. The summed E-state index contributed by atoms with van der Waals surface area (Å²) in [7, 11) is 0. The molecule has 0 spiro atoms. The monoisotopic (exact) mass is 456 g/mol. The van der Waals surface area contributed by atoms with Gasteiger partial charge in [-0.05, 0) is 43.0 Å². The van der Waals surface area contributed by atoms with E-state index in [1.54, 1.807) is 4.90 Å². The SMILES string of the molecule is C[C@H](C(=O)NC1CCCCC1)N(Cc1ccc(Br)cc1)C(=O)Cc1ccccc1. The molecule has 1 saturated carbocycles. The third-order valence-corrected chi connectivity index (χ3v) is 6.11. The molecule has 29 heavy (non-hydrogen) atoms. The molecule has 1 N–H and O–H groups in total. The van der Waals surface area contributed by atoms with Gasteiger partial charge in [0.05, 0.1) is 6.42 Å². The summed E-state index contributed by atoms with van der Waals surface area (Å²) in [5, 5.41) is 3.17. The number of rotatable bonds is 7. The van der Waals surface area contributed by atoms with Gasteiger partial charge in [-0.15, -0.1) is 0 Å². The number of hydrogen-bond acceptors (Lipinski definition) is 2. The van der Waals surface area contributed by atoms with Crippen molar-refractivity contribution in [1.29, 1.82) is 0 Å². The zero-order valence-corrected chi connectivity index (χ0v) is 18.5. The van der Waals surface area contributed by atoms with Crippen LogP contribution in [0.1, 0.15) is 50.2 Å². The van der Waals surface area contributed by atoms with E-state index in [0.29, 0.717) is 13.0 Å². The van der Waals surface area contributed by atoms with Crippen molar-refractivity contribution in [3.05, 3.63) is 70.2 Å². The molecule has 0 saturated heterocycles. The molecule has 0 unspecified atom stereocenters. The molecule has 0 aliphatic heterocycles. The fourth-order valence-corrected chi connectivity index (χ4v) is 4.07. The third kappa shape index (κ3) is 6.43. The number of nitrogens with zero attached hydrogens (tertiary/aromatic N) is 1. The minimum absolute atomic E-state index is 0.0367. The molecule has 5 heteroatoms. The maximum atomic E-state index is 13.2. The van der Waals surface area contributed by atoms with Crippen LogP contribution in [0.4, 0.5) is 0 Å². The van der Waals surface area contributed by atoms with E-state index in [0.717, 1.165) is 41.3 Å². The first kappa shape index (κ1) is 21.6. The summed E-state index contributed by atoms with van der Waals surface area (Å²) in [5.74, 6) is -0.0964. The van der Waals surface area contributed by atoms with Crippen molar-refractivity contribution in [3.8, 4) is 0 Å². The van der Waals surface area contributed by atoms with Gasteiger partial charge in [0, 0.05) is 17.1 Å². The second-order valence-corrected chi connectivity index (χ2v) is 8.75. The Morgan fingerprint density at radius 3 is 2.31 bits per heavy atom. The van der Waals surface area contributed by atoms with Crippen LogP contribution >= 0.6 is 15.9 Å². The first-order chi connectivity index (χ1) is 14.0. The van der Waals surface area contributed by atoms with Crippen LogP contribution in [0.2, 0.25) is 0 Å². The molecular formula is C24H29BrN2O2. The molecule has 2 aromatic carbocycles. The van der Waals surface area contributed by atoms with Crippen LogP contribution in [0.15, 0.2) is 59.1 Å². The van der Waals surface area contributed by atoms with Crippen molar-refractivity contribution in [2.45, 2.75) is 64.1 Å². The van der Waals surface area contributed by atoms with Crippen molar-refractivity contribution in [1.82, 2.24) is 10.2 Å². The Labute approximate surface area is 181 Å². The van der Waals surface area contributed by atoms with Gasteiger partial charge < -0.3 is 10.2 Å². The van der Waals surface area contributed by atoms with Crippen molar-refractivity contribution < 1.29 is 9.59 Å². The van der Waals surface area contributed by atoms with Gasteiger partial charge in [-0.1, -0.05) is 77.7 Å². The number of carbonyl (C=O) groups excluding carboxylic acids is 2. The van der Waals surface area contributed by atoms with E-state index < -0.39 is 6.04 Å². The fraction of sp³-hybridized carbons (Fsp3) is 0.417. The van der Waals surface area contributed by atoms with E-state index in [1.807, 2.05) is 61.5 Å². The van der Waals surface area contributed by atoms with Crippen LogP contribution in [0, 0.1) is 0 Å². The van der Waals surface area contributed by atoms with Gasteiger partial charge in [-0.25, -0.2) is 0 Å². The molecule has 0 heterocycles. The van der Waals surface area contributed by atoms with Crippen molar-refractivity contribution in [3.63, 3.8) is 0 Å². The van der Waals surface area contributed by atoms with Crippen LogP contribution in [0.3, 0.4) is 0 Å². The third-order valence-electron chi connectivity index (χ3n) is 5.58. The average molecular weight is 457 g/mol. The first-order valence-corrected chi connectivity index (χ1v) is 11.2. The molecule has 1 aliphatic rings. The van der Waals surface area contributed by atoms with Crippen LogP contribution < -0.4 is 5.32 Å². The Morgan fingerprint density at radius 1 is 1.00 bits per heavy atom. The van der Waals surface area contributed by atoms with Gasteiger partial charge in [0.1, 0.15) is 6.04 Å². The maximum absolute atomic E-state index is 13.2. The highest BCUT2D eigenvalue weighted by Crippen LogP contribution is 2.19. The molecule has 3 rings (SSSR count). The Bertz CT molecular complexity index is 801. The predicted molar refractivity (Wildman–Crippen MR) is 119 cm³/mol. The Kier molecular flexibility index (Phi) is 7.87. The lowest BCUT2D eigenvalue weighted by molar-refractivity contribution is -0.140. The largest absolute Gasteiger partial charge is 0.352 e. The van der Waals surface area contributed by atoms with Gasteiger partial charge in [0.15, 0.2) is 0 Å². The molecule has 0 radical (unpaired) electrons. The smallest absolute Gasteiger partial charge is 0.242 e. The van der Waals surface area contributed by atoms with Gasteiger partial charge in [-0.3, -0.25) is 9.59 Å². The summed E-state index contributed by atoms with van der Waals surface area (Å²) in [6, 6.07) is 17.3. The predicted octanol–water partition coefficient (Wildman–Crippen LogP) is 4.86. The van der Waals surface area contributed by atoms with Crippen LogP contribution in [-0.2, 0) is 22.6 Å². The van der Waals surface area contributed by atoms with E-state index in [-0.39, 0.29) is 17.9 Å². The molecule has 2 amide bonds. The summed E-state index contributed by atoms with van der Waals surface area (Å²) < 4.78 is 0.992. The van der Waals surface area contributed by atoms with Gasteiger partial charge in [-0.2, -0.15) is 0 Å². The Hall–Kier alpha value is -2.14.